The third-order valence-corrected chi connectivity index (χ3v) is 3.14. The number of benzene rings is 1. The van der Waals surface area contributed by atoms with Crippen LogP contribution in [-0.2, 0) is 13.1 Å². The molecule has 2 aromatic rings. The van der Waals surface area contributed by atoms with Gasteiger partial charge in [-0.3, -0.25) is 0 Å². The molecule has 0 amide bonds. The first-order valence-corrected chi connectivity index (χ1v) is 6.65. The lowest BCUT2D eigenvalue weighted by Gasteiger charge is -2.09. The van der Waals surface area contributed by atoms with Crippen LogP contribution in [0.5, 0.6) is 0 Å². The van der Waals surface area contributed by atoms with Gasteiger partial charge in [-0.2, -0.15) is 0 Å². The Hall–Kier alpha value is -2.03. The minimum absolute atomic E-state index is 0.577. The zero-order valence-electron chi connectivity index (χ0n) is 11.6. The molecule has 0 saturated heterocycles. The van der Waals surface area contributed by atoms with E-state index in [0.717, 1.165) is 19.0 Å². The predicted molar refractivity (Wildman–Crippen MR) is 80.3 cm³/mol. The molecule has 100 valence electrons. The fourth-order valence-electron chi connectivity index (χ4n) is 1.96. The smallest absolute Gasteiger partial charge is 0.203 e. The number of anilines is 1. The summed E-state index contributed by atoms with van der Waals surface area (Å²) in [7, 11) is 0. The third-order valence-electron chi connectivity index (χ3n) is 3.14. The van der Waals surface area contributed by atoms with Gasteiger partial charge in [-0.15, -0.1) is 6.58 Å². The maximum absolute atomic E-state index is 4.30. The van der Waals surface area contributed by atoms with E-state index in [-0.39, 0.29) is 0 Å². The largest absolute Gasteiger partial charge is 0.352 e. The van der Waals surface area contributed by atoms with Crippen LogP contribution in [0.1, 0.15) is 30.9 Å². The lowest BCUT2D eigenvalue weighted by atomic mass is 10.0. The van der Waals surface area contributed by atoms with Crippen molar-refractivity contribution in [3.05, 3.63) is 60.4 Å². The number of imidazole rings is 1. The molecule has 0 aliphatic rings. The molecule has 0 aliphatic heterocycles. The molecule has 1 aromatic carbocycles. The Labute approximate surface area is 115 Å². The van der Waals surface area contributed by atoms with Gasteiger partial charge in [-0.25, -0.2) is 4.98 Å². The predicted octanol–water partition coefficient (Wildman–Crippen LogP) is 3.80. The van der Waals surface area contributed by atoms with Crippen LogP contribution < -0.4 is 5.32 Å². The Morgan fingerprint density at radius 2 is 2.05 bits per heavy atom. The van der Waals surface area contributed by atoms with Gasteiger partial charge in [0.1, 0.15) is 0 Å². The molecule has 1 heterocycles. The van der Waals surface area contributed by atoms with E-state index in [1.807, 2.05) is 16.8 Å². The molecule has 0 spiro atoms. The topological polar surface area (TPSA) is 29.9 Å². The summed E-state index contributed by atoms with van der Waals surface area (Å²) in [5.74, 6) is 1.46. The van der Waals surface area contributed by atoms with Crippen molar-refractivity contribution >= 4 is 5.95 Å². The zero-order chi connectivity index (χ0) is 13.7. The minimum Gasteiger partial charge on any atom is -0.352 e. The van der Waals surface area contributed by atoms with Crippen molar-refractivity contribution in [3.8, 4) is 0 Å². The molecule has 1 N–H and O–H groups in total. The molecule has 0 atom stereocenters. The second-order valence-electron chi connectivity index (χ2n) is 4.94. The molecule has 2 rings (SSSR count). The molecule has 0 radical (unpaired) electrons. The van der Waals surface area contributed by atoms with Gasteiger partial charge in [-0.05, 0) is 17.0 Å². The van der Waals surface area contributed by atoms with E-state index in [2.05, 4.69) is 55.0 Å². The molecule has 3 heteroatoms. The number of nitrogens with one attached hydrogen (secondary N) is 1. The molecule has 3 nitrogen and oxygen atoms in total. The zero-order valence-corrected chi connectivity index (χ0v) is 11.6. The maximum atomic E-state index is 4.30. The third kappa shape index (κ3) is 3.47. The van der Waals surface area contributed by atoms with Gasteiger partial charge >= 0.3 is 0 Å². The van der Waals surface area contributed by atoms with Crippen molar-refractivity contribution in [1.29, 1.82) is 0 Å². The first-order valence-electron chi connectivity index (χ1n) is 6.65. The van der Waals surface area contributed by atoms with E-state index in [1.165, 1.54) is 11.1 Å². The Morgan fingerprint density at radius 3 is 2.68 bits per heavy atom. The molecule has 0 unspecified atom stereocenters. The summed E-state index contributed by atoms with van der Waals surface area (Å²) < 4.78 is 2.04. The molecule has 0 bridgehead atoms. The molecule has 0 aliphatic carbocycles. The lowest BCUT2D eigenvalue weighted by molar-refractivity contribution is 0.819. The summed E-state index contributed by atoms with van der Waals surface area (Å²) in [5, 5.41) is 3.35. The van der Waals surface area contributed by atoms with Crippen molar-refractivity contribution < 1.29 is 0 Å². The average molecular weight is 255 g/mol. The molecule has 19 heavy (non-hydrogen) atoms. The lowest BCUT2D eigenvalue weighted by Crippen LogP contribution is -2.06. The Kier molecular flexibility index (Phi) is 4.39. The number of aromatic nitrogens is 2. The summed E-state index contributed by atoms with van der Waals surface area (Å²) in [5.41, 5.74) is 2.63. The SMILES string of the molecule is C=CCn1ccnc1NCc1ccc(C(C)C)cc1. The van der Waals surface area contributed by atoms with Crippen molar-refractivity contribution in [2.24, 2.45) is 0 Å². The highest BCUT2D eigenvalue weighted by Gasteiger charge is 2.02. The van der Waals surface area contributed by atoms with Crippen LogP contribution in [0.25, 0.3) is 0 Å². The Morgan fingerprint density at radius 1 is 1.32 bits per heavy atom. The quantitative estimate of drug-likeness (QED) is 0.796. The van der Waals surface area contributed by atoms with E-state index in [0.29, 0.717) is 5.92 Å². The van der Waals surface area contributed by atoms with E-state index in [9.17, 15) is 0 Å². The standard InChI is InChI=1S/C16H21N3/c1-4-10-19-11-9-17-16(19)18-12-14-5-7-15(8-6-14)13(2)3/h4-9,11,13H,1,10,12H2,2-3H3,(H,17,18). The van der Waals surface area contributed by atoms with Crippen LogP contribution in [0.3, 0.4) is 0 Å². The summed E-state index contributed by atoms with van der Waals surface area (Å²) in [6.07, 6.45) is 5.61. The summed E-state index contributed by atoms with van der Waals surface area (Å²) >= 11 is 0. The molecular formula is C16H21N3. The average Bonchev–Trinajstić information content (AvgIpc) is 2.85. The number of nitrogens with zero attached hydrogens (tertiary/aromatic N) is 2. The van der Waals surface area contributed by atoms with Gasteiger partial charge in [0.05, 0.1) is 0 Å². The second-order valence-corrected chi connectivity index (χ2v) is 4.94. The van der Waals surface area contributed by atoms with Crippen molar-refractivity contribution in [2.45, 2.75) is 32.9 Å². The van der Waals surface area contributed by atoms with Gasteiger partial charge in [0.15, 0.2) is 0 Å². The van der Waals surface area contributed by atoms with Crippen LogP contribution in [0.15, 0.2) is 49.3 Å². The van der Waals surface area contributed by atoms with E-state index in [4.69, 9.17) is 0 Å². The monoisotopic (exact) mass is 255 g/mol. The first kappa shape index (κ1) is 13.4. The summed E-state index contributed by atoms with van der Waals surface area (Å²) in [6, 6.07) is 8.72. The van der Waals surface area contributed by atoms with E-state index >= 15 is 0 Å². The van der Waals surface area contributed by atoms with Crippen LogP contribution in [-0.4, -0.2) is 9.55 Å². The number of hydrogen-bond donors (Lipinski definition) is 1. The maximum Gasteiger partial charge on any atom is 0.203 e. The van der Waals surface area contributed by atoms with Gasteiger partial charge in [0.25, 0.3) is 0 Å². The van der Waals surface area contributed by atoms with Crippen LogP contribution in [0, 0.1) is 0 Å². The number of allylic oxidation sites excluding steroid dienone is 1. The van der Waals surface area contributed by atoms with Crippen molar-refractivity contribution in [3.63, 3.8) is 0 Å². The molecule has 0 fully saturated rings. The van der Waals surface area contributed by atoms with Crippen LogP contribution >= 0.6 is 0 Å². The van der Waals surface area contributed by atoms with E-state index in [1.54, 1.807) is 6.20 Å². The summed E-state index contributed by atoms with van der Waals surface area (Å²) in [4.78, 5) is 4.30. The second kappa shape index (κ2) is 6.23. The highest BCUT2D eigenvalue weighted by atomic mass is 15.2. The van der Waals surface area contributed by atoms with Crippen molar-refractivity contribution in [2.75, 3.05) is 5.32 Å². The normalized spacial score (nSPS) is 10.7. The van der Waals surface area contributed by atoms with Gasteiger partial charge in [0, 0.05) is 25.5 Å². The fourth-order valence-corrected chi connectivity index (χ4v) is 1.96. The Balaban J connectivity index is 1.98. The molecular weight excluding hydrogens is 234 g/mol. The van der Waals surface area contributed by atoms with Crippen LogP contribution in [0.4, 0.5) is 5.95 Å². The van der Waals surface area contributed by atoms with Gasteiger partial charge in [0.2, 0.25) is 5.95 Å². The fraction of sp³-hybridized carbons (Fsp3) is 0.312. The van der Waals surface area contributed by atoms with Crippen molar-refractivity contribution in [1.82, 2.24) is 9.55 Å². The number of rotatable bonds is 6. The first-order chi connectivity index (χ1) is 9.20. The number of hydrogen-bond acceptors (Lipinski definition) is 2. The van der Waals surface area contributed by atoms with Gasteiger partial charge < -0.3 is 9.88 Å². The molecule has 0 saturated carbocycles. The highest BCUT2D eigenvalue weighted by molar-refractivity contribution is 5.31. The summed E-state index contributed by atoms with van der Waals surface area (Å²) in [6.45, 7) is 9.72. The van der Waals surface area contributed by atoms with E-state index < -0.39 is 0 Å². The Bertz CT molecular complexity index is 523. The molecule has 1 aromatic heterocycles. The minimum atomic E-state index is 0.577. The van der Waals surface area contributed by atoms with Crippen LogP contribution in [0.2, 0.25) is 0 Å². The van der Waals surface area contributed by atoms with Gasteiger partial charge in [-0.1, -0.05) is 44.2 Å². The highest BCUT2D eigenvalue weighted by Crippen LogP contribution is 2.15.